The van der Waals surface area contributed by atoms with Gasteiger partial charge < -0.3 is 4.74 Å². The molecule has 4 saturated carbocycles. The van der Waals surface area contributed by atoms with E-state index >= 15 is 0 Å². The van der Waals surface area contributed by atoms with E-state index in [9.17, 15) is 4.39 Å². The summed E-state index contributed by atoms with van der Waals surface area (Å²) < 4.78 is 19.5. The second-order valence-corrected chi connectivity index (χ2v) is 8.28. The van der Waals surface area contributed by atoms with Crippen LogP contribution in [0.5, 0.6) is 5.75 Å². The first kappa shape index (κ1) is 14.0. The number of hydrogen-bond acceptors (Lipinski definition) is 1. The Kier molecular flexibility index (Phi) is 3.52. The first-order valence-corrected chi connectivity index (χ1v) is 9.04. The van der Waals surface area contributed by atoms with Crippen molar-refractivity contribution in [1.29, 1.82) is 0 Å². The molecule has 21 heavy (non-hydrogen) atoms. The van der Waals surface area contributed by atoms with E-state index in [4.69, 9.17) is 4.74 Å². The van der Waals surface area contributed by atoms with Crippen LogP contribution in [0.25, 0.3) is 0 Å². The SMILES string of the molecule is COc1ccc(C(Br)C2C3CC4CC(C3)CC2C4)c(F)c1. The van der Waals surface area contributed by atoms with Crippen LogP contribution in [-0.2, 0) is 0 Å². The maximum atomic E-state index is 14.4. The predicted molar refractivity (Wildman–Crippen MR) is 85.2 cm³/mol. The summed E-state index contributed by atoms with van der Waals surface area (Å²) in [5, 5.41) is 0. The van der Waals surface area contributed by atoms with Gasteiger partial charge in [0.1, 0.15) is 11.6 Å². The Labute approximate surface area is 134 Å². The van der Waals surface area contributed by atoms with Crippen LogP contribution in [0.2, 0.25) is 0 Å². The fourth-order valence-electron chi connectivity index (χ4n) is 5.51. The Hall–Kier alpha value is -0.570. The van der Waals surface area contributed by atoms with Crippen molar-refractivity contribution in [2.24, 2.45) is 29.6 Å². The number of ether oxygens (including phenoxy) is 1. The molecule has 0 spiro atoms. The van der Waals surface area contributed by atoms with Crippen molar-refractivity contribution < 1.29 is 9.13 Å². The van der Waals surface area contributed by atoms with Crippen molar-refractivity contribution in [2.75, 3.05) is 7.11 Å². The van der Waals surface area contributed by atoms with E-state index in [1.54, 1.807) is 7.11 Å². The monoisotopic (exact) mass is 352 g/mol. The Morgan fingerprint density at radius 1 is 1.10 bits per heavy atom. The Balaban J connectivity index is 1.61. The lowest BCUT2D eigenvalue weighted by molar-refractivity contribution is -0.0367. The second-order valence-electron chi connectivity index (χ2n) is 7.30. The molecule has 0 radical (unpaired) electrons. The summed E-state index contributed by atoms with van der Waals surface area (Å²) in [5.41, 5.74) is 0.813. The van der Waals surface area contributed by atoms with E-state index in [0.717, 1.165) is 29.2 Å². The van der Waals surface area contributed by atoms with Crippen LogP contribution in [0.1, 0.15) is 42.5 Å². The molecule has 4 bridgehead atoms. The van der Waals surface area contributed by atoms with Gasteiger partial charge in [0.15, 0.2) is 0 Å². The lowest BCUT2D eigenvalue weighted by Crippen LogP contribution is -2.46. The highest BCUT2D eigenvalue weighted by Crippen LogP contribution is 2.61. The third-order valence-corrected chi connectivity index (χ3v) is 7.25. The fraction of sp³-hybridized carbons (Fsp3) is 0.667. The Morgan fingerprint density at radius 3 is 2.24 bits per heavy atom. The topological polar surface area (TPSA) is 9.23 Å². The van der Waals surface area contributed by atoms with Crippen LogP contribution in [0.15, 0.2) is 18.2 Å². The molecule has 0 aromatic heterocycles. The summed E-state index contributed by atoms with van der Waals surface area (Å²) in [6.45, 7) is 0. The largest absolute Gasteiger partial charge is 0.497 e. The average molecular weight is 353 g/mol. The highest BCUT2D eigenvalue weighted by atomic mass is 79.9. The van der Waals surface area contributed by atoms with E-state index in [1.807, 2.05) is 12.1 Å². The van der Waals surface area contributed by atoms with E-state index in [2.05, 4.69) is 15.9 Å². The molecule has 4 aliphatic rings. The molecule has 1 aromatic carbocycles. The zero-order valence-electron chi connectivity index (χ0n) is 12.4. The van der Waals surface area contributed by atoms with Crippen LogP contribution in [0.3, 0.4) is 0 Å². The lowest BCUT2D eigenvalue weighted by atomic mass is 9.51. The van der Waals surface area contributed by atoms with Crippen molar-refractivity contribution in [3.8, 4) is 5.75 Å². The normalized spacial score (nSPS) is 38.5. The van der Waals surface area contributed by atoms with Crippen LogP contribution < -0.4 is 4.74 Å². The fourth-order valence-corrected chi connectivity index (χ4v) is 6.75. The molecular formula is C18H22BrFO. The van der Waals surface area contributed by atoms with Gasteiger partial charge in [-0.3, -0.25) is 0 Å². The molecule has 5 rings (SSSR count). The average Bonchev–Trinajstić information content (AvgIpc) is 2.45. The summed E-state index contributed by atoms with van der Waals surface area (Å²) >= 11 is 3.85. The Morgan fingerprint density at radius 2 is 1.71 bits per heavy atom. The van der Waals surface area contributed by atoms with Crippen molar-refractivity contribution in [2.45, 2.75) is 36.9 Å². The molecule has 0 saturated heterocycles. The summed E-state index contributed by atoms with van der Waals surface area (Å²) in [7, 11) is 1.58. The van der Waals surface area contributed by atoms with E-state index in [0.29, 0.717) is 11.7 Å². The molecule has 4 fully saturated rings. The van der Waals surface area contributed by atoms with Crippen molar-refractivity contribution in [3.05, 3.63) is 29.6 Å². The lowest BCUT2D eigenvalue weighted by Gasteiger charge is -2.55. The maximum Gasteiger partial charge on any atom is 0.131 e. The van der Waals surface area contributed by atoms with Gasteiger partial charge in [-0.2, -0.15) is 0 Å². The first-order valence-electron chi connectivity index (χ1n) is 8.13. The van der Waals surface area contributed by atoms with E-state index in [1.165, 1.54) is 38.2 Å². The summed E-state index contributed by atoms with van der Waals surface area (Å²) in [4.78, 5) is 0.151. The zero-order valence-corrected chi connectivity index (χ0v) is 14.0. The van der Waals surface area contributed by atoms with Gasteiger partial charge in [-0.1, -0.05) is 22.0 Å². The molecule has 0 aliphatic heterocycles. The van der Waals surface area contributed by atoms with Crippen LogP contribution in [0.4, 0.5) is 4.39 Å². The number of hydrogen-bond donors (Lipinski definition) is 0. The molecule has 0 heterocycles. The maximum absolute atomic E-state index is 14.4. The van der Waals surface area contributed by atoms with Crippen LogP contribution in [-0.4, -0.2) is 7.11 Å². The number of alkyl halides is 1. The number of methoxy groups -OCH3 is 1. The van der Waals surface area contributed by atoms with E-state index < -0.39 is 0 Å². The first-order chi connectivity index (χ1) is 10.2. The van der Waals surface area contributed by atoms with Crippen LogP contribution in [0, 0.1) is 35.4 Å². The third-order valence-electron chi connectivity index (χ3n) is 6.14. The molecule has 114 valence electrons. The minimum absolute atomic E-state index is 0.134. The minimum atomic E-state index is -0.134. The molecule has 3 heteroatoms. The van der Waals surface area contributed by atoms with Gasteiger partial charge in [0.2, 0.25) is 0 Å². The molecule has 0 amide bonds. The van der Waals surface area contributed by atoms with Gasteiger partial charge in [-0.15, -0.1) is 0 Å². The minimum Gasteiger partial charge on any atom is -0.497 e. The summed E-state index contributed by atoms with van der Waals surface area (Å²) in [6.07, 6.45) is 6.95. The van der Waals surface area contributed by atoms with Gasteiger partial charge in [0.05, 0.1) is 7.11 Å². The summed E-state index contributed by atoms with van der Waals surface area (Å²) in [6, 6.07) is 5.29. The van der Waals surface area contributed by atoms with Crippen molar-refractivity contribution >= 4 is 15.9 Å². The molecule has 1 nitrogen and oxygen atoms in total. The third kappa shape index (κ3) is 2.32. The molecule has 0 N–H and O–H groups in total. The zero-order chi connectivity index (χ0) is 14.6. The van der Waals surface area contributed by atoms with Gasteiger partial charge in [0, 0.05) is 16.5 Å². The highest BCUT2D eigenvalue weighted by molar-refractivity contribution is 9.09. The number of rotatable bonds is 3. The van der Waals surface area contributed by atoms with Crippen LogP contribution >= 0.6 is 15.9 Å². The van der Waals surface area contributed by atoms with E-state index in [-0.39, 0.29) is 10.6 Å². The molecular weight excluding hydrogens is 331 g/mol. The van der Waals surface area contributed by atoms with Crippen molar-refractivity contribution in [3.63, 3.8) is 0 Å². The predicted octanol–water partition coefficient (Wildman–Crippen LogP) is 5.34. The van der Waals surface area contributed by atoms with Crippen molar-refractivity contribution in [1.82, 2.24) is 0 Å². The van der Waals surface area contributed by atoms with Gasteiger partial charge in [-0.05, 0) is 67.8 Å². The molecule has 1 unspecified atom stereocenters. The number of halogens is 2. The quantitative estimate of drug-likeness (QED) is 0.667. The van der Waals surface area contributed by atoms with Gasteiger partial charge in [-0.25, -0.2) is 4.39 Å². The second kappa shape index (κ2) is 5.26. The standard InChI is InChI=1S/C18H22BrFO/c1-21-14-2-3-15(16(20)9-14)18(19)17-12-5-10-4-11(7-12)8-13(17)6-10/h2-3,9-13,17-18H,4-8H2,1H3. The smallest absolute Gasteiger partial charge is 0.131 e. The molecule has 4 aliphatic carbocycles. The highest BCUT2D eigenvalue weighted by Gasteiger charge is 2.50. The molecule has 1 aromatic rings. The van der Waals surface area contributed by atoms with Gasteiger partial charge >= 0.3 is 0 Å². The van der Waals surface area contributed by atoms with Gasteiger partial charge in [0.25, 0.3) is 0 Å². The Bertz CT molecular complexity index is 516. The number of benzene rings is 1. The molecule has 1 atom stereocenters. The summed E-state index contributed by atoms with van der Waals surface area (Å²) in [5.74, 6) is 4.60.